The molecule has 0 bridgehead atoms. The zero-order valence-electron chi connectivity index (χ0n) is 14.9. The van der Waals surface area contributed by atoms with Crippen LogP contribution in [-0.4, -0.2) is 57.1 Å². The molecule has 2 fully saturated rings. The van der Waals surface area contributed by atoms with Crippen LogP contribution in [0.3, 0.4) is 0 Å². The molecule has 0 spiro atoms. The van der Waals surface area contributed by atoms with Crippen LogP contribution in [0.5, 0.6) is 11.5 Å². The van der Waals surface area contributed by atoms with Gasteiger partial charge in [-0.25, -0.2) is 4.68 Å². The Labute approximate surface area is 151 Å². The molecule has 1 atom stereocenters. The van der Waals surface area contributed by atoms with Crippen LogP contribution in [-0.2, 0) is 0 Å². The van der Waals surface area contributed by atoms with Crippen LogP contribution >= 0.6 is 0 Å². The number of amides is 1. The second-order valence-electron chi connectivity index (χ2n) is 7.01. The maximum Gasteiger partial charge on any atom is 0.273 e. The average molecular weight is 357 g/mol. The van der Waals surface area contributed by atoms with Crippen LogP contribution in [0.25, 0.3) is 0 Å². The van der Waals surface area contributed by atoms with E-state index in [1.54, 1.807) is 30.1 Å². The van der Waals surface area contributed by atoms with Gasteiger partial charge in [-0.15, -0.1) is 5.10 Å². The lowest BCUT2D eigenvalue weighted by Crippen LogP contribution is -2.59. The van der Waals surface area contributed by atoms with E-state index in [0.29, 0.717) is 30.6 Å². The highest BCUT2D eigenvalue weighted by Gasteiger charge is 2.35. The highest BCUT2D eigenvalue weighted by molar-refractivity contribution is 5.92. The van der Waals surface area contributed by atoms with Gasteiger partial charge in [0.1, 0.15) is 11.5 Å². The number of rotatable bonds is 6. The van der Waals surface area contributed by atoms with Crippen LogP contribution < -0.4 is 10.1 Å². The standard InChI is InChI=1S/C18H23N5O3/c1-11(17-15(24)4-3-5-16(17)26-2)22-8-12(9-22)19-18(25)14-10-23(21-20-14)13-6-7-13/h3-5,10-13,24H,6-9H2,1-2H3,(H,19,25). The van der Waals surface area contributed by atoms with Gasteiger partial charge in [0, 0.05) is 19.1 Å². The van der Waals surface area contributed by atoms with Crippen molar-refractivity contribution in [2.24, 2.45) is 0 Å². The third-order valence-electron chi connectivity index (χ3n) is 5.14. The Morgan fingerprint density at radius 1 is 1.38 bits per heavy atom. The van der Waals surface area contributed by atoms with Gasteiger partial charge in [-0.2, -0.15) is 0 Å². The lowest BCUT2D eigenvalue weighted by molar-refractivity contribution is 0.0660. The van der Waals surface area contributed by atoms with Gasteiger partial charge in [0.15, 0.2) is 5.69 Å². The normalized spacial score (nSPS) is 19.0. The van der Waals surface area contributed by atoms with E-state index in [1.165, 1.54) is 0 Å². The van der Waals surface area contributed by atoms with E-state index in [1.807, 2.05) is 13.0 Å². The van der Waals surface area contributed by atoms with E-state index in [-0.39, 0.29) is 23.7 Å². The average Bonchev–Trinajstić information content (AvgIpc) is 3.33. The molecule has 1 aromatic carbocycles. The molecule has 0 radical (unpaired) electrons. The topological polar surface area (TPSA) is 92.5 Å². The summed E-state index contributed by atoms with van der Waals surface area (Å²) in [6.45, 7) is 3.44. The van der Waals surface area contributed by atoms with Crippen molar-refractivity contribution in [3.05, 3.63) is 35.7 Å². The molecule has 1 aliphatic heterocycles. The van der Waals surface area contributed by atoms with E-state index in [9.17, 15) is 9.90 Å². The van der Waals surface area contributed by atoms with Gasteiger partial charge in [-0.1, -0.05) is 11.3 Å². The quantitative estimate of drug-likeness (QED) is 0.814. The molecule has 1 amide bonds. The number of aromatic nitrogens is 3. The predicted molar refractivity (Wildman–Crippen MR) is 94.2 cm³/mol. The van der Waals surface area contributed by atoms with E-state index in [4.69, 9.17) is 4.74 Å². The molecule has 1 aliphatic carbocycles. The maximum atomic E-state index is 12.3. The van der Waals surface area contributed by atoms with Crippen molar-refractivity contribution >= 4 is 5.91 Å². The molecule has 2 aliphatic rings. The third kappa shape index (κ3) is 3.12. The molecule has 138 valence electrons. The predicted octanol–water partition coefficient (Wildman–Crippen LogP) is 1.50. The minimum absolute atomic E-state index is 0.00459. The Balaban J connectivity index is 1.34. The number of likely N-dealkylation sites (tertiary alicyclic amines) is 1. The number of phenols is 1. The van der Waals surface area contributed by atoms with Crippen LogP contribution in [0.4, 0.5) is 0 Å². The molecule has 2 aromatic rings. The van der Waals surface area contributed by atoms with Gasteiger partial charge in [0.2, 0.25) is 0 Å². The molecule has 1 unspecified atom stereocenters. The Kier molecular flexibility index (Phi) is 4.28. The highest BCUT2D eigenvalue weighted by Crippen LogP contribution is 2.38. The molecule has 2 N–H and O–H groups in total. The number of hydrogen-bond acceptors (Lipinski definition) is 6. The number of benzene rings is 1. The number of carbonyl (C=O) groups is 1. The lowest BCUT2D eigenvalue weighted by Gasteiger charge is -2.43. The number of nitrogens with zero attached hydrogens (tertiary/aromatic N) is 4. The molecule has 1 saturated carbocycles. The summed E-state index contributed by atoms with van der Waals surface area (Å²) >= 11 is 0. The van der Waals surface area contributed by atoms with Gasteiger partial charge in [-0.05, 0) is 31.9 Å². The minimum atomic E-state index is -0.186. The SMILES string of the molecule is COc1cccc(O)c1C(C)N1CC(NC(=O)c2cn(C3CC3)nn2)C1. The second kappa shape index (κ2) is 6.60. The van der Waals surface area contributed by atoms with Crippen molar-refractivity contribution in [2.45, 2.75) is 37.9 Å². The minimum Gasteiger partial charge on any atom is -0.507 e. The molecule has 26 heavy (non-hydrogen) atoms. The van der Waals surface area contributed by atoms with Crippen molar-refractivity contribution in [1.82, 2.24) is 25.2 Å². The largest absolute Gasteiger partial charge is 0.507 e. The Morgan fingerprint density at radius 3 is 2.85 bits per heavy atom. The first-order valence-electron chi connectivity index (χ1n) is 8.89. The van der Waals surface area contributed by atoms with Crippen molar-refractivity contribution in [2.75, 3.05) is 20.2 Å². The van der Waals surface area contributed by atoms with Gasteiger partial charge in [0.05, 0.1) is 31.0 Å². The van der Waals surface area contributed by atoms with Crippen LogP contribution in [0.1, 0.15) is 47.9 Å². The molecule has 1 saturated heterocycles. The summed E-state index contributed by atoms with van der Waals surface area (Å²) in [5, 5.41) is 21.2. The third-order valence-corrected chi connectivity index (χ3v) is 5.14. The summed E-state index contributed by atoms with van der Waals surface area (Å²) in [5.74, 6) is 0.706. The summed E-state index contributed by atoms with van der Waals surface area (Å²) in [5.41, 5.74) is 1.14. The molecule has 2 heterocycles. The number of hydrogen-bond donors (Lipinski definition) is 2. The molecule has 8 heteroatoms. The summed E-state index contributed by atoms with van der Waals surface area (Å²) in [6, 6.07) is 5.74. The smallest absolute Gasteiger partial charge is 0.273 e. The number of methoxy groups -OCH3 is 1. The van der Waals surface area contributed by atoms with Crippen molar-refractivity contribution < 1.29 is 14.6 Å². The maximum absolute atomic E-state index is 12.3. The first kappa shape index (κ1) is 16.8. The number of phenolic OH excluding ortho intramolecular Hbond substituents is 1. The first-order chi connectivity index (χ1) is 12.6. The van der Waals surface area contributed by atoms with Crippen LogP contribution in [0.2, 0.25) is 0 Å². The monoisotopic (exact) mass is 357 g/mol. The van der Waals surface area contributed by atoms with E-state index in [0.717, 1.165) is 18.4 Å². The van der Waals surface area contributed by atoms with Gasteiger partial charge in [0.25, 0.3) is 5.91 Å². The number of nitrogens with one attached hydrogen (secondary N) is 1. The zero-order valence-corrected chi connectivity index (χ0v) is 14.9. The molecular weight excluding hydrogens is 334 g/mol. The lowest BCUT2D eigenvalue weighted by atomic mass is 9.98. The fraction of sp³-hybridized carbons (Fsp3) is 0.500. The fourth-order valence-electron chi connectivity index (χ4n) is 3.39. The van der Waals surface area contributed by atoms with Crippen molar-refractivity contribution in [1.29, 1.82) is 0 Å². The fourth-order valence-corrected chi connectivity index (χ4v) is 3.39. The van der Waals surface area contributed by atoms with Gasteiger partial charge in [-0.3, -0.25) is 9.69 Å². The molecule has 4 rings (SSSR count). The van der Waals surface area contributed by atoms with Crippen molar-refractivity contribution in [3.8, 4) is 11.5 Å². The summed E-state index contributed by atoms with van der Waals surface area (Å²) in [4.78, 5) is 14.5. The zero-order chi connectivity index (χ0) is 18.3. The summed E-state index contributed by atoms with van der Waals surface area (Å²) in [7, 11) is 1.60. The first-order valence-corrected chi connectivity index (χ1v) is 8.89. The van der Waals surface area contributed by atoms with E-state index in [2.05, 4.69) is 20.5 Å². The van der Waals surface area contributed by atoms with E-state index < -0.39 is 0 Å². The molecular formula is C18H23N5O3. The van der Waals surface area contributed by atoms with E-state index >= 15 is 0 Å². The second-order valence-corrected chi connectivity index (χ2v) is 7.01. The van der Waals surface area contributed by atoms with Crippen LogP contribution in [0.15, 0.2) is 24.4 Å². The van der Waals surface area contributed by atoms with Crippen LogP contribution in [0, 0.1) is 0 Å². The summed E-state index contributed by atoms with van der Waals surface area (Å²) in [6.07, 6.45) is 3.93. The Bertz CT molecular complexity index is 811. The number of aromatic hydroxyl groups is 1. The Hall–Kier alpha value is -2.61. The molecule has 1 aromatic heterocycles. The highest BCUT2D eigenvalue weighted by atomic mass is 16.5. The number of ether oxygens (including phenoxy) is 1. The molecule has 8 nitrogen and oxygen atoms in total. The summed E-state index contributed by atoms with van der Waals surface area (Å²) < 4.78 is 7.14. The number of carbonyl (C=O) groups excluding carboxylic acids is 1. The van der Waals surface area contributed by atoms with Crippen molar-refractivity contribution in [3.63, 3.8) is 0 Å². The Morgan fingerprint density at radius 2 is 2.15 bits per heavy atom. The van der Waals surface area contributed by atoms with Gasteiger partial charge >= 0.3 is 0 Å². The van der Waals surface area contributed by atoms with Gasteiger partial charge < -0.3 is 15.2 Å².